The van der Waals surface area contributed by atoms with Crippen LogP contribution in [0.25, 0.3) is 10.9 Å². The number of hydrogen-bond donors (Lipinski definition) is 2. The van der Waals surface area contributed by atoms with E-state index in [9.17, 15) is 8.42 Å². The molecular weight excluding hydrogens is 218 g/mol. The Hall–Kier alpha value is -1.37. The molecule has 0 saturated heterocycles. The van der Waals surface area contributed by atoms with Crippen LogP contribution in [-0.4, -0.2) is 18.0 Å². The van der Waals surface area contributed by atoms with Gasteiger partial charge in [-0.2, -0.15) is 8.42 Å². The van der Waals surface area contributed by atoms with E-state index in [1.807, 2.05) is 24.3 Å². The number of rotatable bonds is 3. The fourth-order valence-corrected chi connectivity index (χ4v) is 1.66. The van der Waals surface area contributed by atoms with Crippen LogP contribution in [-0.2, 0) is 21.2 Å². The summed E-state index contributed by atoms with van der Waals surface area (Å²) < 4.78 is 33.5. The smallest absolute Gasteiger partial charge is 0.361 e. The molecule has 0 aliphatic carbocycles. The Labute approximate surface area is 86.6 Å². The molecule has 5 nitrogen and oxygen atoms in total. The molecule has 80 valence electrons. The number of para-hydroxylation sites is 1. The third-order valence-electron chi connectivity index (χ3n) is 2.04. The maximum Gasteiger partial charge on any atom is 0.397 e. The Balaban J connectivity index is 2.29. The Morgan fingerprint density at radius 2 is 2.07 bits per heavy atom. The second-order valence-electron chi connectivity index (χ2n) is 3.05. The number of aromatic amines is 1. The molecule has 0 aliphatic rings. The molecule has 0 saturated carbocycles. The lowest BCUT2D eigenvalue weighted by atomic mass is 10.2. The molecule has 15 heavy (non-hydrogen) atoms. The fraction of sp³-hybridized carbons (Fsp3) is 0.111. The molecule has 0 unspecified atom stereocenters. The monoisotopic (exact) mass is 227 g/mol. The zero-order chi connectivity index (χ0) is 10.9. The van der Waals surface area contributed by atoms with Gasteiger partial charge in [0, 0.05) is 22.7 Å². The van der Waals surface area contributed by atoms with E-state index >= 15 is 0 Å². The number of nitrogens with one attached hydrogen (secondary N) is 1. The highest BCUT2D eigenvalue weighted by Gasteiger charge is 2.08. The molecule has 0 aliphatic heterocycles. The minimum absolute atomic E-state index is 0.178. The summed E-state index contributed by atoms with van der Waals surface area (Å²) in [5, 5.41) is 0.876. The quantitative estimate of drug-likeness (QED) is 0.778. The molecule has 0 bridgehead atoms. The highest BCUT2D eigenvalue weighted by molar-refractivity contribution is 7.80. The van der Waals surface area contributed by atoms with Gasteiger partial charge in [0.2, 0.25) is 0 Å². The summed E-state index contributed by atoms with van der Waals surface area (Å²) in [7, 11) is -4.38. The van der Waals surface area contributed by atoms with E-state index < -0.39 is 10.4 Å². The largest absolute Gasteiger partial charge is 0.397 e. The Morgan fingerprint density at radius 3 is 2.80 bits per heavy atom. The highest BCUT2D eigenvalue weighted by atomic mass is 32.3. The molecular formula is C9H9NO4S. The first-order valence-electron chi connectivity index (χ1n) is 4.23. The van der Waals surface area contributed by atoms with Crippen molar-refractivity contribution in [2.24, 2.45) is 0 Å². The molecule has 0 fully saturated rings. The summed E-state index contributed by atoms with van der Waals surface area (Å²) in [5.74, 6) is 0. The van der Waals surface area contributed by atoms with Crippen molar-refractivity contribution in [3.05, 3.63) is 36.0 Å². The van der Waals surface area contributed by atoms with Crippen molar-refractivity contribution in [2.75, 3.05) is 0 Å². The van der Waals surface area contributed by atoms with Gasteiger partial charge in [-0.25, -0.2) is 4.18 Å². The summed E-state index contributed by atoms with van der Waals surface area (Å²) in [6.45, 7) is -0.178. The lowest BCUT2D eigenvalue weighted by Gasteiger charge is -1.98. The van der Waals surface area contributed by atoms with Crippen LogP contribution in [0.4, 0.5) is 0 Å². The minimum atomic E-state index is -4.38. The van der Waals surface area contributed by atoms with Gasteiger partial charge >= 0.3 is 10.4 Å². The normalized spacial score (nSPS) is 12.1. The zero-order valence-electron chi connectivity index (χ0n) is 7.67. The van der Waals surface area contributed by atoms with Crippen LogP contribution in [0, 0.1) is 0 Å². The minimum Gasteiger partial charge on any atom is -0.361 e. The lowest BCUT2D eigenvalue weighted by molar-refractivity contribution is 0.260. The average molecular weight is 227 g/mol. The number of H-pyrrole nitrogens is 1. The summed E-state index contributed by atoms with van der Waals surface area (Å²) in [6, 6.07) is 7.42. The van der Waals surface area contributed by atoms with Crippen molar-refractivity contribution >= 4 is 21.3 Å². The molecule has 2 aromatic rings. The van der Waals surface area contributed by atoms with E-state index in [1.54, 1.807) is 6.20 Å². The van der Waals surface area contributed by atoms with E-state index in [1.165, 1.54) is 0 Å². The van der Waals surface area contributed by atoms with Crippen LogP contribution in [0.5, 0.6) is 0 Å². The Bertz CT molecular complexity index is 573. The van der Waals surface area contributed by atoms with Crippen molar-refractivity contribution in [1.82, 2.24) is 4.98 Å². The van der Waals surface area contributed by atoms with E-state index in [0.717, 1.165) is 10.9 Å². The van der Waals surface area contributed by atoms with Crippen molar-refractivity contribution in [1.29, 1.82) is 0 Å². The Kier molecular flexibility index (Phi) is 2.47. The summed E-state index contributed by atoms with van der Waals surface area (Å²) in [5.41, 5.74) is 1.58. The van der Waals surface area contributed by atoms with E-state index in [0.29, 0.717) is 5.56 Å². The average Bonchev–Trinajstić information content (AvgIpc) is 2.57. The topological polar surface area (TPSA) is 79.4 Å². The number of benzene rings is 1. The van der Waals surface area contributed by atoms with Gasteiger partial charge in [0.1, 0.15) is 0 Å². The van der Waals surface area contributed by atoms with Crippen molar-refractivity contribution in [3.63, 3.8) is 0 Å². The van der Waals surface area contributed by atoms with Gasteiger partial charge in [0.25, 0.3) is 0 Å². The first kappa shape index (κ1) is 10.2. The number of aromatic nitrogens is 1. The third kappa shape index (κ3) is 2.35. The second-order valence-corrected chi connectivity index (χ2v) is 4.14. The van der Waals surface area contributed by atoms with Gasteiger partial charge in [0.05, 0.1) is 6.61 Å². The summed E-state index contributed by atoms with van der Waals surface area (Å²) in [6.07, 6.45) is 1.65. The van der Waals surface area contributed by atoms with Gasteiger partial charge in [-0.15, -0.1) is 0 Å². The molecule has 2 rings (SSSR count). The summed E-state index contributed by atoms with van der Waals surface area (Å²) >= 11 is 0. The zero-order valence-corrected chi connectivity index (χ0v) is 8.49. The first-order chi connectivity index (χ1) is 7.06. The molecule has 6 heteroatoms. The van der Waals surface area contributed by atoms with Gasteiger partial charge < -0.3 is 4.98 Å². The molecule has 1 heterocycles. The third-order valence-corrected chi connectivity index (χ3v) is 2.45. The molecule has 0 radical (unpaired) electrons. The number of hydrogen-bond acceptors (Lipinski definition) is 3. The van der Waals surface area contributed by atoms with Crippen LogP contribution in [0.15, 0.2) is 30.5 Å². The van der Waals surface area contributed by atoms with Gasteiger partial charge in [-0.1, -0.05) is 18.2 Å². The summed E-state index contributed by atoms with van der Waals surface area (Å²) in [4.78, 5) is 2.97. The number of fused-ring (bicyclic) bond motifs is 1. The van der Waals surface area contributed by atoms with Crippen LogP contribution in [0.3, 0.4) is 0 Å². The van der Waals surface area contributed by atoms with Gasteiger partial charge in [-0.3, -0.25) is 4.55 Å². The van der Waals surface area contributed by atoms with Crippen LogP contribution in [0.2, 0.25) is 0 Å². The SMILES string of the molecule is O=S(=O)(O)OCc1c[nH]c2ccccc12. The van der Waals surface area contributed by atoms with Crippen LogP contribution >= 0.6 is 0 Å². The van der Waals surface area contributed by atoms with Crippen LogP contribution in [0.1, 0.15) is 5.56 Å². The maximum atomic E-state index is 10.4. The molecule has 2 N–H and O–H groups in total. The standard InChI is InChI=1S/C9H9NO4S/c11-15(12,13)14-6-7-5-10-9-4-2-1-3-8(7)9/h1-5,10H,6H2,(H,11,12,13). The lowest BCUT2D eigenvalue weighted by Crippen LogP contribution is -2.02. The van der Waals surface area contributed by atoms with Gasteiger partial charge in [-0.05, 0) is 6.07 Å². The van der Waals surface area contributed by atoms with Crippen molar-refractivity contribution in [3.8, 4) is 0 Å². The molecule has 0 atom stereocenters. The van der Waals surface area contributed by atoms with E-state index in [-0.39, 0.29) is 6.61 Å². The van der Waals surface area contributed by atoms with Crippen molar-refractivity contribution < 1.29 is 17.2 Å². The first-order valence-corrected chi connectivity index (χ1v) is 5.59. The maximum absolute atomic E-state index is 10.4. The van der Waals surface area contributed by atoms with Gasteiger partial charge in [0.15, 0.2) is 0 Å². The predicted molar refractivity (Wildman–Crippen MR) is 54.6 cm³/mol. The van der Waals surface area contributed by atoms with E-state index in [2.05, 4.69) is 9.17 Å². The van der Waals surface area contributed by atoms with Crippen LogP contribution < -0.4 is 0 Å². The Morgan fingerprint density at radius 1 is 1.33 bits per heavy atom. The molecule has 0 amide bonds. The van der Waals surface area contributed by atoms with Crippen molar-refractivity contribution in [2.45, 2.75) is 6.61 Å². The molecule has 1 aromatic carbocycles. The fourth-order valence-electron chi connectivity index (χ4n) is 1.39. The highest BCUT2D eigenvalue weighted by Crippen LogP contribution is 2.18. The molecule has 1 aromatic heterocycles. The molecule has 0 spiro atoms. The van der Waals surface area contributed by atoms with E-state index in [4.69, 9.17) is 4.55 Å². The second kappa shape index (κ2) is 3.65. The predicted octanol–water partition coefficient (Wildman–Crippen LogP) is 1.49.